The molecule has 0 aliphatic carbocycles. The SMILES string of the molecule is CC(=O)C[C@H]1O[C@H](C)[C@@H](C)c2c(C)c(O)cc(O)c21. The summed E-state index contributed by atoms with van der Waals surface area (Å²) in [6.07, 6.45) is -0.253. The van der Waals surface area contributed by atoms with Crippen LogP contribution >= 0.6 is 0 Å². The van der Waals surface area contributed by atoms with E-state index in [0.717, 1.165) is 11.1 Å². The van der Waals surface area contributed by atoms with Gasteiger partial charge in [0.25, 0.3) is 0 Å². The summed E-state index contributed by atoms with van der Waals surface area (Å²) in [5.41, 5.74) is 2.31. The van der Waals surface area contributed by atoms with Crippen molar-refractivity contribution in [2.45, 2.75) is 52.2 Å². The van der Waals surface area contributed by atoms with Gasteiger partial charge in [0.1, 0.15) is 17.3 Å². The van der Waals surface area contributed by atoms with Gasteiger partial charge in [-0.2, -0.15) is 0 Å². The van der Waals surface area contributed by atoms with Crippen molar-refractivity contribution in [3.05, 3.63) is 22.8 Å². The van der Waals surface area contributed by atoms with E-state index in [1.807, 2.05) is 20.8 Å². The minimum Gasteiger partial charge on any atom is -0.508 e. The van der Waals surface area contributed by atoms with Gasteiger partial charge in [-0.3, -0.25) is 4.79 Å². The Bertz CT molecular complexity index is 521. The summed E-state index contributed by atoms with van der Waals surface area (Å²) < 4.78 is 5.85. The molecule has 3 atom stereocenters. The van der Waals surface area contributed by atoms with Crippen molar-refractivity contribution < 1.29 is 19.7 Å². The largest absolute Gasteiger partial charge is 0.508 e. The lowest BCUT2D eigenvalue weighted by atomic mass is 9.81. The Labute approximate surface area is 113 Å². The van der Waals surface area contributed by atoms with Gasteiger partial charge in [-0.05, 0) is 31.9 Å². The highest BCUT2D eigenvalue weighted by molar-refractivity contribution is 5.76. The van der Waals surface area contributed by atoms with Gasteiger partial charge in [0, 0.05) is 24.0 Å². The van der Waals surface area contributed by atoms with Crippen LogP contribution in [-0.2, 0) is 9.53 Å². The molecule has 2 rings (SSSR count). The summed E-state index contributed by atoms with van der Waals surface area (Å²) in [4.78, 5) is 11.4. The molecule has 104 valence electrons. The number of phenolic OH excluding ortho intramolecular Hbond substituents is 2. The van der Waals surface area contributed by atoms with Crippen LogP contribution in [0, 0.1) is 6.92 Å². The van der Waals surface area contributed by atoms with Crippen LogP contribution in [0.5, 0.6) is 11.5 Å². The van der Waals surface area contributed by atoms with Crippen molar-refractivity contribution in [3.8, 4) is 11.5 Å². The van der Waals surface area contributed by atoms with Crippen molar-refractivity contribution in [1.82, 2.24) is 0 Å². The molecule has 19 heavy (non-hydrogen) atoms. The predicted octanol–water partition coefficient (Wildman–Crippen LogP) is 2.95. The number of ether oxygens (including phenoxy) is 1. The number of benzene rings is 1. The fourth-order valence-corrected chi connectivity index (χ4v) is 2.81. The van der Waals surface area contributed by atoms with Gasteiger partial charge in [-0.1, -0.05) is 6.92 Å². The molecule has 0 radical (unpaired) electrons. The van der Waals surface area contributed by atoms with Crippen molar-refractivity contribution in [2.24, 2.45) is 0 Å². The van der Waals surface area contributed by atoms with E-state index in [1.54, 1.807) is 0 Å². The maximum absolute atomic E-state index is 11.4. The van der Waals surface area contributed by atoms with E-state index in [4.69, 9.17) is 4.74 Å². The van der Waals surface area contributed by atoms with Crippen LogP contribution in [-0.4, -0.2) is 22.1 Å². The van der Waals surface area contributed by atoms with E-state index < -0.39 is 6.10 Å². The highest BCUT2D eigenvalue weighted by atomic mass is 16.5. The molecule has 0 amide bonds. The Hall–Kier alpha value is -1.55. The number of carbonyl (C=O) groups is 1. The van der Waals surface area contributed by atoms with Crippen LogP contribution in [0.25, 0.3) is 0 Å². The summed E-state index contributed by atoms with van der Waals surface area (Å²) in [6.45, 7) is 7.28. The molecule has 1 aliphatic heterocycles. The van der Waals surface area contributed by atoms with E-state index in [2.05, 4.69) is 0 Å². The quantitative estimate of drug-likeness (QED) is 0.861. The van der Waals surface area contributed by atoms with Crippen LogP contribution in [0.2, 0.25) is 0 Å². The van der Waals surface area contributed by atoms with E-state index >= 15 is 0 Å². The molecule has 1 aromatic carbocycles. The Morgan fingerprint density at radius 2 is 1.89 bits per heavy atom. The second kappa shape index (κ2) is 4.85. The molecule has 0 bridgehead atoms. The number of rotatable bonds is 2. The molecule has 4 nitrogen and oxygen atoms in total. The van der Waals surface area contributed by atoms with Crippen LogP contribution < -0.4 is 0 Å². The van der Waals surface area contributed by atoms with Gasteiger partial charge >= 0.3 is 0 Å². The van der Waals surface area contributed by atoms with Crippen LogP contribution in [0.4, 0.5) is 0 Å². The number of fused-ring (bicyclic) bond motifs is 1. The first-order valence-corrected chi connectivity index (χ1v) is 6.53. The van der Waals surface area contributed by atoms with Gasteiger partial charge < -0.3 is 14.9 Å². The Kier molecular flexibility index (Phi) is 3.54. The summed E-state index contributed by atoms with van der Waals surface area (Å²) in [5.74, 6) is 0.168. The highest BCUT2D eigenvalue weighted by Gasteiger charge is 2.35. The third-order valence-electron chi connectivity index (χ3n) is 3.96. The first kappa shape index (κ1) is 13.9. The lowest BCUT2D eigenvalue weighted by Crippen LogP contribution is -2.29. The Morgan fingerprint density at radius 1 is 1.26 bits per heavy atom. The number of aromatic hydroxyl groups is 2. The predicted molar refractivity (Wildman–Crippen MR) is 71.5 cm³/mol. The zero-order chi connectivity index (χ0) is 14.3. The fourth-order valence-electron chi connectivity index (χ4n) is 2.81. The monoisotopic (exact) mass is 264 g/mol. The van der Waals surface area contributed by atoms with Crippen LogP contribution in [0.3, 0.4) is 0 Å². The molecule has 0 aromatic heterocycles. The van der Waals surface area contributed by atoms with Crippen molar-refractivity contribution in [2.75, 3.05) is 0 Å². The zero-order valence-electron chi connectivity index (χ0n) is 11.7. The number of carbonyl (C=O) groups excluding carboxylic acids is 1. The smallest absolute Gasteiger partial charge is 0.132 e. The maximum Gasteiger partial charge on any atom is 0.132 e. The number of phenols is 2. The minimum absolute atomic E-state index is 0.00287. The molecule has 2 N–H and O–H groups in total. The van der Waals surface area contributed by atoms with Gasteiger partial charge in [0.05, 0.1) is 12.2 Å². The van der Waals surface area contributed by atoms with Gasteiger partial charge in [-0.15, -0.1) is 0 Å². The summed E-state index contributed by atoms with van der Waals surface area (Å²) in [7, 11) is 0. The third-order valence-corrected chi connectivity index (χ3v) is 3.96. The first-order chi connectivity index (χ1) is 8.82. The minimum atomic E-state index is -0.432. The number of hydrogen-bond acceptors (Lipinski definition) is 4. The third kappa shape index (κ3) is 2.32. The normalized spacial score (nSPS) is 26.0. The molecule has 4 heteroatoms. The van der Waals surface area contributed by atoms with E-state index in [0.29, 0.717) is 5.56 Å². The topological polar surface area (TPSA) is 66.8 Å². The fraction of sp³-hybridized carbons (Fsp3) is 0.533. The summed E-state index contributed by atoms with van der Waals surface area (Å²) >= 11 is 0. The Balaban J connectivity index is 2.62. The molecule has 1 aliphatic rings. The number of Topliss-reactive ketones (excluding diaryl/α,β-unsaturated/α-hetero) is 1. The van der Waals surface area contributed by atoms with Gasteiger partial charge in [0.15, 0.2) is 0 Å². The molecule has 0 spiro atoms. The molecule has 0 saturated heterocycles. The zero-order valence-corrected chi connectivity index (χ0v) is 11.7. The number of ketones is 1. The standard InChI is InChI=1S/C15H20O4/c1-7(16)5-13-15-12(18)6-11(17)9(3)14(15)8(2)10(4)19-13/h6,8,10,13,17-18H,5H2,1-4H3/t8-,10-,13-/m1/s1. The molecule has 1 heterocycles. The van der Waals surface area contributed by atoms with Crippen molar-refractivity contribution >= 4 is 5.78 Å². The maximum atomic E-state index is 11.4. The van der Waals surface area contributed by atoms with Gasteiger partial charge in [0.2, 0.25) is 0 Å². The summed E-state index contributed by atoms with van der Waals surface area (Å²) in [5, 5.41) is 20.0. The van der Waals surface area contributed by atoms with Gasteiger partial charge in [-0.25, -0.2) is 0 Å². The molecular formula is C15H20O4. The lowest BCUT2D eigenvalue weighted by Gasteiger charge is -2.36. The van der Waals surface area contributed by atoms with Crippen molar-refractivity contribution in [3.63, 3.8) is 0 Å². The highest BCUT2D eigenvalue weighted by Crippen LogP contribution is 2.47. The number of hydrogen-bond donors (Lipinski definition) is 2. The molecule has 0 unspecified atom stereocenters. The van der Waals surface area contributed by atoms with E-state index in [1.165, 1.54) is 13.0 Å². The molecule has 0 saturated carbocycles. The molecule has 1 aromatic rings. The first-order valence-electron chi connectivity index (χ1n) is 6.53. The van der Waals surface area contributed by atoms with Crippen LogP contribution in [0.15, 0.2) is 6.07 Å². The molecular weight excluding hydrogens is 244 g/mol. The second-order valence-corrected chi connectivity index (χ2v) is 5.39. The van der Waals surface area contributed by atoms with E-state index in [9.17, 15) is 15.0 Å². The molecule has 0 fully saturated rings. The van der Waals surface area contributed by atoms with Crippen LogP contribution in [0.1, 0.15) is 55.9 Å². The van der Waals surface area contributed by atoms with Crippen molar-refractivity contribution in [1.29, 1.82) is 0 Å². The average molecular weight is 264 g/mol. The second-order valence-electron chi connectivity index (χ2n) is 5.39. The lowest BCUT2D eigenvalue weighted by molar-refractivity contribution is -0.122. The summed E-state index contributed by atoms with van der Waals surface area (Å²) in [6, 6.07) is 1.33. The Morgan fingerprint density at radius 3 is 2.47 bits per heavy atom. The van der Waals surface area contributed by atoms with E-state index in [-0.39, 0.29) is 35.7 Å². The average Bonchev–Trinajstić information content (AvgIpc) is 2.29.